The molecule has 0 aromatic carbocycles. The van der Waals surface area contributed by atoms with Crippen molar-refractivity contribution >= 4 is 17.2 Å². The normalized spacial score (nSPS) is 9.42. The minimum absolute atomic E-state index is 0.0285. The molecule has 0 aliphatic heterocycles. The quantitative estimate of drug-likeness (QED) is 0.710. The summed E-state index contributed by atoms with van der Waals surface area (Å²) in [7, 11) is 0. The fourth-order valence-corrected chi connectivity index (χ4v) is 1.51. The zero-order valence-electron chi connectivity index (χ0n) is 6.96. The van der Waals surface area contributed by atoms with Gasteiger partial charge in [-0.15, -0.1) is 17.9 Å². The van der Waals surface area contributed by atoms with Gasteiger partial charge in [0.15, 0.2) is 0 Å². The first kappa shape index (κ1) is 9.00. The summed E-state index contributed by atoms with van der Waals surface area (Å²) in [6, 6.07) is 1.88. The van der Waals surface area contributed by atoms with Gasteiger partial charge in [0.2, 0.25) is 0 Å². The lowest BCUT2D eigenvalue weighted by atomic mass is 10.3. The van der Waals surface area contributed by atoms with Crippen LogP contribution in [0.1, 0.15) is 15.2 Å². The van der Waals surface area contributed by atoms with Crippen LogP contribution in [0.2, 0.25) is 0 Å². The second-order valence-corrected chi connectivity index (χ2v) is 3.56. The zero-order valence-corrected chi connectivity index (χ0v) is 7.78. The van der Waals surface area contributed by atoms with Crippen molar-refractivity contribution in [2.45, 2.75) is 6.92 Å². The second kappa shape index (κ2) is 4.07. The monoisotopic (exact) mass is 181 g/mol. The van der Waals surface area contributed by atoms with Gasteiger partial charge in [-0.05, 0) is 13.0 Å². The molecule has 0 bridgehead atoms. The number of nitrogens with one attached hydrogen (secondary N) is 1. The lowest BCUT2D eigenvalue weighted by Crippen LogP contribution is -2.22. The molecule has 0 saturated heterocycles. The summed E-state index contributed by atoms with van der Waals surface area (Å²) < 4.78 is 0. The second-order valence-electron chi connectivity index (χ2n) is 2.44. The first-order valence-electron chi connectivity index (χ1n) is 3.68. The van der Waals surface area contributed by atoms with Gasteiger partial charge >= 0.3 is 0 Å². The molecule has 0 aliphatic rings. The predicted octanol–water partition coefficient (Wildman–Crippen LogP) is 1.97. The van der Waals surface area contributed by atoms with Crippen LogP contribution in [-0.2, 0) is 0 Å². The molecule has 0 spiro atoms. The maximum Gasteiger partial charge on any atom is 0.252 e. The Labute approximate surface area is 75.9 Å². The van der Waals surface area contributed by atoms with Gasteiger partial charge in [-0.2, -0.15) is 0 Å². The Morgan fingerprint density at radius 3 is 3.08 bits per heavy atom. The van der Waals surface area contributed by atoms with Gasteiger partial charge in [-0.25, -0.2) is 0 Å². The van der Waals surface area contributed by atoms with Crippen molar-refractivity contribution in [3.05, 3.63) is 34.5 Å². The Bertz CT molecular complexity index is 290. The number of aryl methyl sites for hydroxylation is 1. The van der Waals surface area contributed by atoms with Crippen molar-refractivity contribution in [1.29, 1.82) is 0 Å². The van der Waals surface area contributed by atoms with Crippen LogP contribution < -0.4 is 5.32 Å². The fourth-order valence-electron chi connectivity index (χ4n) is 0.829. The van der Waals surface area contributed by atoms with Crippen LogP contribution in [0.15, 0.2) is 24.1 Å². The number of carbonyl (C=O) groups excluding carboxylic acids is 1. The molecule has 2 nitrogen and oxygen atoms in total. The number of amides is 1. The lowest BCUT2D eigenvalue weighted by molar-refractivity contribution is 0.0958. The standard InChI is InChI=1S/C9H11NOS/c1-3-4-10-9(11)8-5-7(2)12-6-8/h3,5-6H,1,4H2,2H3,(H,10,11). The SMILES string of the molecule is C=CCNC(=O)c1csc(C)c1. The number of hydrogen-bond donors (Lipinski definition) is 1. The topological polar surface area (TPSA) is 29.1 Å². The maximum absolute atomic E-state index is 11.3. The third-order valence-electron chi connectivity index (χ3n) is 1.40. The molecular weight excluding hydrogens is 170 g/mol. The van der Waals surface area contributed by atoms with E-state index in [0.717, 1.165) is 10.4 Å². The van der Waals surface area contributed by atoms with Crippen LogP contribution in [0.5, 0.6) is 0 Å². The van der Waals surface area contributed by atoms with Gasteiger partial charge in [0.25, 0.3) is 5.91 Å². The molecule has 0 aliphatic carbocycles. The molecule has 1 aromatic rings. The van der Waals surface area contributed by atoms with Gasteiger partial charge in [0, 0.05) is 16.8 Å². The van der Waals surface area contributed by atoms with Gasteiger partial charge < -0.3 is 5.32 Å². The first-order valence-corrected chi connectivity index (χ1v) is 4.56. The van der Waals surface area contributed by atoms with Gasteiger partial charge in [0.1, 0.15) is 0 Å². The van der Waals surface area contributed by atoms with Crippen molar-refractivity contribution < 1.29 is 4.79 Å². The average molecular weight is 181 g/mol. The van der Waals surface area contributed by atoms with Crippen molar-refractivity contribution in [1.82, 2.24) is 5.32 Å². The van der Waals surface area contributed by atoms with E-state index in [0.29, 0.717) is 6.54 Å². The van der Waals surface area contributed by atoms with Crippen LogP contribution in [0.3, 0.4) is 0 Å². The van der Waals surface area contributed by atoms with E-state index in [1.807, 2.05) is 18.4 Å². The van der Waals surface area contributed by atoms with Gasteiger partial charge in [-0.3, -0.25) is 4.79 Å². The maximum atomic E-state index is 11.3. The molecule has 1 N–H and O–H groups in total. The Morgan fingerprint density at radius 1 is 1.83 bits per heavy atom. The average Bonchev–Trinajstić information content (AvgIpc) is 2.47. The summed E-state index contributed by atoms with van der Waals surface area (Å²) >= 11 is 1.58. The third-order valence-corrected chi connectivity index (χ3v) is 2.26. The molecule has 0 fully saturated rings. The summed E-state index contributed by atoms with van der Waals surface area (Å²) in [4.78, 5) is 12.4. The van der Waals surface area contributed by atoms with Crippen molar-refractivity contribution in [2.24, 2.45) is 0 Å². The van der Waals surface area contributed by atoms with Crippen LogP contribution in [0.25, 0.3) is 0 Å². The Kier molecular flexibility index (Phi) is 3.05. The van der Waals surface area contributed by atoms with Gasteiger partial charge in [-0.1, -0.05) is 6.08 Å². The minimum atomic E-state index is -0.0285. The summed E-state index contributed by atoms with van der Waals surface area (Å²) in [5.41, 5.74) is 0.736. The predicted molar refractivity (Wildman–Crippen MR) is 51.6 cm³/mol. The van der Waals surface area contributed by atoms with E-state index < -0.39 is 0 Å². The van der Waals surface area contributed by atoms with E-state index in [-0.39, 0.29) is 5.91 Å². The summed E-state index contributed by atoms with van der Waals surface area (Å²) in [5.74, 6) is -0.0285. The molecule has 0 atom stereocenters. The third kappa shape index (κ3) is 2.20. The summed E-state index contributed by atoms with van der Waals surface area (Å²) in [6.07, 6.45) is 1.66. The number of rotatable bonds is 3. The first-order chi connectivity index (χ1) is 5.74. The van der Waals surface area contributed by atoms with Crippen molar-refractivity contribution in [3.8, 4) is 0 Å². The van der Waals surface area contributed by atoms with E-state index in [1.54, 1.807) is 17.4 Å². The van der Waals surface area contributed by atoms with E-state index in [1.165, 1.54) is 0 Å². The molecule has 0 unspecified atom stereocenters. The number of thiophene rings is 1. The minimum Gasteiger partial charge on any atom is -0.349 e. The van der Waals surface area contributed by atoms with Crippen molar-refractivity contribution in [3.63, 3.8) is 0 Å². The highest BCUT2D eigenvalue weighted by atomic mass is 32.1. The van der Waals surface area contributed by atoms with E-state index in [2.05, 4.69) is 11.9 Å². The Hall–Kier alpha value is -1.09. The molecule has 1 heterocycles. The molecule has 1 rings (SSSR count). The number of hydrogen-bond acceptors (Lipinski definition) is 2. The summed E-state index contributed by atoms with van der Waals surface area (Å²) in [5, 5.41) is 4.57. The molecule has 0 saturated carbocycles. The van der Waals surface area contributed by atoms with Gasteiger partial charge in [0.05, 0.1) is 5.56 Å². The molecule has 64 valence electrons. The largest absolute Gasteiger partial charge is 0.349 e. The van der Waals surface area contributed by atoms with Crippen LogP contribution in [-0.4, -0.2) is 12.5 Å². The zero-order chi connectivity index (χ0) is 8.97. The number of carbonyl (C=O) groups is 1. The van der Waals surface area contributed by atoms with E-state index in [4.69, 9.17) is 0 Å². The molecule has 1 aromatic heterocycles. The lowest BCUT2D eigenvalue weighted by Gasteiger charge is -1.97. The molecule has 12 heavy (non-hydrogen) atoms. The molecule has 0 radical (unpaired) electrons. The van der Waals surface area contributed by atoms with Crippen LogP contribution >= 0.6 is 11.3 Å². The molecule has 1 amide bonds. The Balaban J connectivity index is 2.59. The molecular formula is C9H11NOS. The van der Waals surface area contributed by atoms with Crippen LogP contribution in [0, 0.1) is 6.92 Å². The fraction of sp³-hybridized carbons (Fsp3) is 0.222. The smallest absolute Gasteiger partial charge is 0.252 e. The van der Waals surface area contributed by atoms with E-state index in [9.17, 15) is 4.79 Å². The highest BCUT2D eigenvalue weighted by molar-refractivity contribution is 7.10. The highest BCUT2D eigenvalue weighted by Gasteiger charge is 2.04. The Morgan fingerprint density at radius 2 is 2.58 bits per heavy atom. The molecule has 3 heteroatoms. The van der Waals surface area contributed by atoms with Crippen molar-refractivity contribution in [2.75, 3.05) is 6.54 Å². The van der Waals surface area contributed by atoms with E-state index >= 15 is 0 Å². The van der Waals surface area contributed by atoms with Crippen LogP contribution in [0.4, 0.5) is 0 Å². The highest BCUT2D eigenvalue weighted by Crippen LogP contribution is 2.12. The summed E-state index contributed by atoms with van der Waals surface area (Å²) in [6.45, 7) is 6.02.